The van der Waals surface area contributed by atoms with E-state index in [4.69, 9.17) is 5.11 Å². The van der Waals surface area contributed by atoms with Gasteiger partial charge in [0.15, 0.2) is 0 Å². The average molecular weight is 232 g/mol. The van der Waals surface area contributed by atoms with Gasteiger partial charge in [0.05, 0.1) is 12.5 Å². The molecule has 16 heavy (non-hydrogen) atoms. The van der Waals surface area contributed by atoms with Gasteiger partial charge < -0.3 is 9.84 Å². The van der Waals surface area contributed by atoms with Crippen molar-refractivity contribution in [2.75, 3.05) is 6.61 Å². The second-order valence-corrected chi connectivity index (χ2v) is 3.39. The van der Waals surface area contributed by atoms with Crippen molar-refractivity contribution in [2.24, 2.45) is 5.92 Å². The summed E-state index contributed by atoms with van der Waals surface area (Å²) in [7, 11) is 0. The van der Waals surface area contributed by atoms with Crippen LogP contribution in [0.4, 0.5) is 0 Å². The van der Waals surface area contributed by atoms with Gasteiger partial charge in [0, 0.05) is 6.42 Å². The molecule has 1 unspecified atom stereocenters. The maximum Gasteiger partial charge on any atom is 0.306 e. The van der Waals surface area contributed by atoms with Crippen molar-refractivity contribution >= 4 is 11.9 Å². The Morgan fingerprint density at radius 2 is 1.75 bits per heavy atom. The third kappa shape index (κ3) is 11.0. The zero-order valence-corrected chi connectivity index (χ0v) is 10.8. The van der Waals surface area contributed by atoms with E-state index in [1.54, 1.807) is 13.8 Å². The minimum absolute atomic E-state index is 0.116. The van der Waals surface area contributed by atoms with E-state index in [1.807, 2.05) is 13.8 Å². The number of carboxylic acid groups (broad SMARTS) is 1. The van der Waals surface area contributed by atoms with Crippen LogP contribution in [0.25, 0.3) is 0 Å². The van der Waals surface area contributed by atoms with E-state index in [9.17, 15) is 9.59 Å². The third-order valence-corrected chi connectivity index (χ3v) is 2.07. The van der Waals surface area contributed by atoms with Crippen LogP contribution in [0.3, 0.4) is 0 Å². The molecule has 0 rings (SSSR count). The van der Waals surface area contributed by atoms with Gasteiger partial charge in [-0.05, 0) is 19.8 Å². The summed E-state index contributed by atoms with van der Waals surface area (Å²) < 4.78 is 4.55. The number of carbonyl (C=O) groups is 2. The first-order valence-electron chi connectivity index (χ1n) is 5.91. The molecule has 0 amide bonds. The summed E-state index contributed by atoms with van der Waals surface area (Å²) in [5.41, 5.74) is 0. The second kappa shape index (κ2) is 12.0. The first-order valence-corrected chi connectivity index (χ1v) is 5.91. The molecule has 96 valence electrons. The normalized spacial score (nSPS) is 11.0. The molecule has 0 heterocycles. The summed E-state index contributed by atoms with van der Waals surface area (Å²) >= 11 is 0. The number of hydrogen-bond donors (Lipinski definition) is 1. The van der Waals surface area contributed by atoms with Crippen molar-refractivity contribution in [2.45, 2.75) is 53.4 Å². The second-order valence-electron chi connectivity index (χ2n) is 3.39. The minimum atomic E-state index is -0.653. The van der Waals surface area contributed by atoms with Crippen LogP contribution in [0.1, 0.15) is 53.4 Å². The molecule has 0 radical (unpaired) electrons. The van der Waals surface area contributed by atoms with Crippen LogP contribution in [-0.2, 0) is 14.3 Å². The lowest BCUT2D eigenvalue weighted by Crippen LogP contribution is -2.11. The number of carboxylic acids is 1. The van der Waals surface area contributed by atoms with E-state index in [2.05, 4.69) is 4.74 Å². The Labute approximate surface area is 98.0 Å². The Bertz CT molecular complexity index is 189. The lowest BCUT2D eigenvalue weighted by molar-refractivity contribution is -0.143. The Hall–Kier alpha value is -1.06. The van der Waals surface area contributed by atoms with E-state index >= 15 is 0 Å². The first kappa shape index (κ1) is 17.3. The minimum Gasteiger partial charge on any atom is -0.481 e. The van der Waals surface area contributed by atoms with Crippen LogP contribution >= 0.6 is 0 Å². The lowest BCUT2D eigenvalue weighted by Gasteiger charge is -2.05. The van der Waals surface area contributed by atoms with Gasteiger partial charge in [-0.3, -0.25) is 9.59 Å². The summed E-state index contributed by atoms with van der Waals surface area (Å²) in [5, 5.41) is 8.50. The van der Waals surface area contributed by atoms with Gasteiger partial charge in [-0.25, -0.2) is 0 Å². The molecule has 4 heteroatoms. The Morgan fingerprint density at radius 1 is 1.19 bits per heavy atom. The van der Waals surface area contributed by atoms with E-state index in [1.165, 1.54) is 0 Å². The molecule has 0 aromatic carbocycles. The molecule has 0 aliphatic heterocycles. The third-order valence-electron chi connectivity index (χ3n) is 2.07. The summed E-state index contributed by atoms with van der Waals surface area (Å²) in [6.45, 7) is 7.98. The molecule has 0 saturated heterocycles. The highest BCUT2D eigenvalue weighted by Crippen LogP contribution is 2.09. The smallest absolute Gasteiger partial charge is 0.306 e. The van der Waals surface area contributed by atoms with Crippen molar-refractivity contribution in [3.05, 3.63) is 0 Å². The molecule has 0 aliphatic carbocycles. The molecule has 0 aromatic heterocycles. The van der Waals surface area contributed by atoms with Gasteiger partial charge in [0.1, 0.15) is 0 Å². The fraction of sp³-hybridized carbons (Fsp3) is 0.833. The van der Waals surface area contributed by atoms with Crippen LogP contribution in [-0.4, -0.2) is 23.7 Å². The molecular weight excluding hydrogens is 208 g/mol. The van der Waals surface area contributed by atoms with Gasteiger partial charge >= 0.3 is 11.9 Å². The molecule has 0 aromatic rings. The quantitative estimate of drug-likeness (QED) is 0.715. The van der Waals surface area contributed by atoms with Gasteiger partial charge in [-0.15, -0.1) is 0 Å². The zero-order chi connectivity index (χ0) is 13.0. The number of hydrogen-bond acceptors (Lipinski definition) is 3. The van der Waals surface area contributed by atoms with Crippen molar-refractivity contribution < 1.29 is 19.4 Å². The van der Waals surface area contributed by atoms with E-state index in [-0.39, 0.29) is 11.9 Å². The summed E-state index contributed by atoms with van der Waals surface area (Å²) in [6, 6.07) is 0. The summed E-state index contributed by atoms with van der Waals surface area (Å²) in [5.74, 6) is -0.892. The molecule has 4 nitrogen and oxygen atoms in total. The summed E-state index contributed by atoms with van der Waals surface area (Å²) in [6.07, 6.45) is 3.01. The SMILES string of the molecule is CCCC(CC)C(=O)O.CCOC(=O)CC. The van der Waals surface area contributed by atoms with Gasteiger partial charge in [-0.2, -0.15) is 0 Å². The van der Waals surface area contributed by atoms with Crippen LogP contribution < -0.4 is 0 Å². The fourth-order valence-corrected chi connectivity index (χ4v) is 1.11. The lowest BCUT2D eigenvalue weighted by atomic mass is 10.0. The molecule has 1 N–H and O–H groups in total. The molecule has 0 saturated carbocycles. The number of carbonyl (C=O) groups excluding carboxylic acids is 1. The van der Waals surface area contributed by atoms with Crippen molar-refractivity contribution in [3.63, 3.8) is 0 Å². The molecule has 0 aliphatic rings. The van der Waals surface area contributed by atoms with Crippen molar-refractivity contribution in [1.29, 1.82) is 0 Å². The van der Waals surface area contributed by atoms with Crippen LogP contribution in [0.15, 0.2) is 0 Å². The van der Waals surface area contributed by atoms with E-state index in [0.717, 1.165) is 19.3 Å². The fourth-order valence-electron chi connectivity index (χ4n) is 1.11. The molecule has 0 bridgehead atoms. The van der Waals surface area contributed by atoms with Gasteiger partial charge in [0.2, 0.25) is 0 Å². The van der Waals surface area contributed by atoms with Crippen LogP contribution in [0.5, 0.6) is 0 Å². The van der Waals surface area contributed by atoms with Crippen LogP contribution in [0, 0.1) is 5.92 Å². The van der Waals surface area contributed by atoms with Gasteiger partial charge in [-0.1, -0.05) is 27.2 Å². The predicted molar refractivity (Wildman–Crippen MR) is 63.2 cm³/mol. The van der Waals surface area contributed by atoms with Crippen LogP contribution in [0.2, 0.25) is 0 Å². The molecule has 0 fully saturated rings. The Kier molecular flexibility index (Phi) is 13.0. The Balaban J connectivity index is 0. The van der Waals surface area contributed by atoms with E-state index < -0.39 is 5.97 Å². The highest BCUT2D eigenvalue weighted by molar-refractivity contribution is 5.69. The van der Waals surface area contributed by atoms with Crippen molar-refractivity contribution in [3.8, 4) is 0 Å². The molecular formula is C12H24O4. The standard InChI is InChI=1S/C7H14O2.C5H10O2/c1-3-5-6(4-2)7(8)9;1-3-5(6)7-4-2/h6H,3-5H2,1-2H3,(H,8,9);3-4H2,1-2H3. The topological polar surface area (TPSA) is 63.6 Å². The maximum atomic E-state index is 10.3. The maximum absolute atomic E-state index is 10.3. The largest absolute Gasteiger partial charge is 0.481 e. The molecule has 1 atom stereocenters. The van der Waals surface area contributed by atoms with Crippen molar-refractivity contribution in [1.82, 2.24) is 0 Å². The van der Waals surface area contributed by atoms with E-state index in [0.29, 0.717) is 13.0 Å². The van der Waals surface area contributed by atoms with Gasteiger partial charge in [0.25, 0.3) is 0 Å². The highest BCUT2D eigenvalue weighted by atomic mass is 16.5. The predicted octanol–water partition coefficient (Wildman–Crippen LogP) is 2.86. The number of esters is 1. The zero-order valence-electron chi connectivity index (χ0n) is 10.8. The number of aliphatic carboxylic acids is 1. The average Bonchev–Trinajstić information content (AvgIpc) is 2.26. The molecule has 0 spiro atoms. The number of ether oxygens (including phenoxy) is 1. The monoisotopic (exact) mass is 232 g/mol. The highest BCUT2D eigenvalue weighted by Gasteiger charge is 2.12. The summed E-state index contributed by atoms with van der Waals surface area (Å²) in [4.78, 5) is 20.5. The first-order chi connectivity index (χ1) is 7.53. The Morgan fingerprint density at radius 3 is 1.88 bits per heavy atom. The number of rotatable bonds is 6.